The number of anilines is 1. The van der Waals surface area contributed by atoms with Crippen molar-refractivity contribution in [3.63, 3.8) is 0 Å². The lowest BCUT2D eigenvalue weighted by atomic mass is 9.99. The first-order valence-corrected chi connectivity index (χ1v) is 11.9. The van der Waals surface area contributed by atoms with Crippen molar-refractivity contribution in [2.75, 3.05) is 5.32 Å². The summed E-state index contributed by atoms with van der Waals surface area (Å²) in [5.41, 5.74) is 5.34. The third-order valence-electron chi connectivity index (χ3n) is 6.17. The quantitative estimate of drug-likeness (QED) is 0.321. The number of nitrogens with one attached hydrogen (secondary N) is 1. The molecule has 1 amide bonds. The number of carbonyl (C=O) groups is 1. The fourth-order valence-electron chi connectivity index (χ4n) is 4.41. The molecule has 1 N–H and O–H groups in total. The maximum absolute atomic E-state index is 13.1. The molecule has 3 heterocycles. The first kappa shape index (κ1) is 22.3. The molecule has 178 valence electrons. The van der Waals surface area contributed by atoms with E-state index in [-0.39, 0.29) is 12.5 Å². The van der Waals surface area contributed by atoms with E-state index >= 15 is 0 Å². The Labute approximate surface area is 213 Å². The van der Waals surface area contributed by atoms with Gasteiger partial charge < -0.3 is 5.32 Å². The fourth-order valence-corrected chi connectivity index (χ4v) is 4.41. The molecule has 3 aromatic carbocycles. The SMILES string of the molecule is O=C(Cn1nnc(-c2ccncc2)c1-c1cccc2ccccc12)Nc1ccc(-c2ccccc2)cn1. The Morgan fingerprint density at radius 3 is 2.35 bits per heavy atom. The summed E-state index contributed by atoms with van der Waals surface area (Å²) in [4.78, 5) is 21.6. The number of aromatic nitrogens is 5. The molecule has 0 aliphatic carbocycles. The van der Waals surface area contributed by atoms with Gasteiger partial charge in [-0.15, -0.1) is 5.10 Å². The smallest absolute Gasteiger partial charge is 0.247 e. The zero-order chi connectivity index (χ0) is 25.0. The van der Waals surface area contributed by atoms with Crippen molar-refractivity contribution in [1.82, 2.24) is 25.0 Å². The Balaban J connectivity index is 1.32. The van der Waals surface area contributed by atoms with Gasteiger partial charge in [0.25, 0.3) is 0 Å². The Morgan fingerprint density at radius 2 is 1.54 bits per heavy atom. The fraction of sp³-hybridized carbons (Fsp3) is 0.0333. The lowest BCUT2D eigenvalue weighted by Gasteiger charge is -2.12. The van der Waals surface area contributed by atoms with Gasteiger partial charge in [0.2, 0.25) is 5.91 Å². The number of hydrogen-bond acceptors (Lipinski definition) is 5. The molecule has 0 saturated heterocycles. The highest BCUT2D eigenvalue weighted by Crippen LogP contribution is 2.34. The molecule has 37 heavy (non-hydrogen) atoms. The highest BCUT2D eigenvalue weighted by Gasteiger charge is 2.20. The van der Waals surface area contributed by atoms with Gasteiger partial charge >= 0.3 is 0 Å². The van der Waals surface area contributed by atoms with Crippen LogP contribution in [0.25, 0.3) is 44.4 Å². The Kier molecular flexibility index (Phi) is 5.93. The number of carbonyl (C=O) groups excluding carboxylic acids is 1. The molecule has 0 spiro atoms. The molecule has 0 bridgehead atoms. The number of hydrogen-bond donors (Lipinski definition) is 1. The molecule has 0 unspecified atom stereocenters. The van der Waals surface area contributed by atoms with Crippen molar-refractivity contribution in [2.24, 2.45) is 0 Å². The molecule has 0 fully saturated rings. The van der Waals surface area contributed by atoms with Crippen LogP contribution in [0.2, 0.25) is 0 Å². The van der Waals surface area contributed by atoms with E-state index in [2.05, 4.69) is 43.8 Å². The lowest BCUT2D eigenvalue weighted by molar-refractivity contribution is -0.116. The van der Waals surface area contributed by atoms with E-state index in [1.165, 1.54) is 0 Å². The summed E-state index contributed by atoms with van der Waals surface area (Å²) in [7, 11) is 0. The molecule has 0 aliphatic heterocycles. The molecule has 7 nitrogen and oxygen atoms in total. The van der Waals surface area contributed by atoms with Gasteiger partial charge in [0.1, 0.15) is 18.1 Å². The zero-order valence-electron chi connectivity index (χ0n) is 19.8. The minimum Gasteiger partial charge on any atom is -0.309 e. The Morgan fingerprint density at radius 1 is 0.757 bits per heavy atom. The lowest BCUT2D eigenvalue weighted by Crippen LogP contribution is -2.20. The number of pyridine rings is 2. The van der Waals surface area contributed by atoms with Gasteiger partial charge in [0.05, 0.1) is 5.69 Å². The summed E-state index contributed by atoms with van der Waals surface area (Å²) in [5, 5.41) is 13.9. The van der Waals surface area contributed by atoms with E-state index in [9.17, 15) is 4.79 Å². The van der Waals surface area contributed by atoms with E-state index in [0.717, 1.165) is 38.7 Å². The van der Waals surface area contributed by atoms with Crippen LogP contribution >= 0.6 is 0 Å². The second-order valence-corrected chi connectivity index (χ2v) is 8.55. The van der Waals surface area contributed by atoms with Crippen molar-refractivity contribution < 1.29 is 4.79 Å². The maximum atomic E-state index is 13.1. The summed E-state index contributed by atoms with van der Waals surface area (Å²) < 4.78 is 1.64. The highest BCUT2D eigenvalue weighted by molar-refractivity contribution is 5.99. The van der Waals surface area contributed by atoms with Crippen LogP contribution in [0.4, 0.5) is 5.82 Å². The largest absolute Gasteiger partial charge is 0.309 e. The number of benzene rings is 3. The first-order chi connectivity index (χ1) is 18.3. The first-order valence-electron chi connectivity index (χ1n) is 11.9. The van der Waals surface area contributed by atoms with Gasteiger partial charge in [-0.3, -0.25) is 9.78 Å². The third kappa shape index (κ3) is 4.58. The van der Waals surface area contributed by atoms with Crippen LogP contribution < -0.4 is 5.32 Å². The molecule has 3 aromatic heterocycles. The molecule has 0 aliphatic rings. The summed E-state index contributed by atoms with van der Waals surface area (Å²) in [6.07, 6.45) is 5.20. The number of nitrogens with zero attached hydrogens (tertiary/aromatic N) is 5. The molecule has 0 radical (unpaired) electrons. The van der Waals surface area contributed by atoms with Crippen molar-refractivity contribution in [2.45, 2.75) is 6.54 Å². The van der Waals surface area contributed by atoms with Crippen molar-refractivity contribution in [1.29, 1.82) is 0 Å². The van der Waals surface area contributed by atoms with Gasteiger partial charge in [0, 0.05) is 35.3 Å². The van der Waals surface area contributed by atoms with Gasteiger partial charge in [-0.25, -0.2) is 9.67 Å². The van der Waals surface area contributed by atoms with Crippen LogP contribution in [-0.4, -0.2) is 30.9 Å². The minimum atomic E-state index is -0.243. The maximum Gasteiger partial charge on any atom is 0.247 e. The normalized spacial score (nSPS) is 10.9. The molecule has 0 atom stereocenters. The van der Waals surface area contributed by atoms with E-state index in [1.54, 1.807) is 29.3 Å². The molecule has 7 heteroatoms. The van der Waals surface area contributed by atoms with Gasteiger partial charge in [0.15, 0.2) is 0 Å². The summed E-state index contributed by atoms with van der Waals surface area (Å²) in [6.45, 7) is -0.0151. The summed E-state index contributed by atoms with van der Waals surface area (Å²) in [5.74, 6) is 0.235. The van der Waals surface area contributed by atoms with Crippen LogP contribution in [0.1, 0.15) is 0 Å². The van der Waals surface area contributed by atoms with E-state index in [4.69, 9.17) is 0 Å². The average molecular weight is 483 g/mol. The van der Waals surface area contributed by atoms with Crippen LogP contribution in [0.15, 0.2) is 116 Å². The second kappa shape index (κ2) is 9.83. The van der Waals surface area contributed by atoms with Gasteiger partial charge in [-0.1, -0.05) is 78.0 Å². The third-order valence-corrected chi connectivity index (χ3v) is 6.17. The monoisotopic (exact) mass is 482 g/mol. The summed E-state index contributed by atoms with van der Waals surface area (Å²) in [6, 6.07) is 31.8. The molecular formula is C30H22N6O. The number of amides is 1. The average Bonchev–Trinajstić information content (AvgIpc) is 3.37. The highest BCUT2D eigenvalue weighted by atomic mass is 16.2. The Hall–Kier alpha value is -5.17. The topological polar surface area (TPSA) is 85.6 Å². The van der Waals surface area contributed by atoms with E-state index < -0.39 is 0 Å². The molecule has 6 rings (SSSR count). The van der Waals surface area contributed by atoms with Crippen LogP contribution in [0.5, 0.6) is 0 Å². The predicted molar refractivity (Wildman–Crippen MR) is 144 cm³/mol. The molecule has 6 aromatic rings. The van der Waals surface area contributed by atoms with Crippen molar-refractivity contribution in [3.05, 3.63) is 116 Å². The zero-order valence-corrected chi connectivity index (χ0v) is 19.8. The number of fused-ring (bicyclic) bond motifs is 1. The van der Waals surface area contributed by atoms with Crippen molar-refractivity contribution in [3.8, 4) is 33.6 Å². The van der Waals surface area contributed by atoms with Crippen molar-refractivity contribution >= 4 is 22.5 Å². The van der Waals surface area contributed by atoms with Crippen LogP contribution in [0.3, 0.4) is 0 Å². The van der Waals surface area contributed by atoms with Gasteiger partial charge in [-0.2, -0.15) is 0 Å². The Bertz CT molecular complexity index is 1670. The van der Waals surface area contributed by atoms with E-state index in [1.807, 2.05) is 72.8 Å². The van der Waals surface area contributed by atoms with Gasteiger partial charge in [-0.05, 0) is 40.6 Å². The standard InChI is InChI=1S/C30H22N6O/c37-28(33-27-14-13-24(19-32-27)21-7-2-1-3-8-21)20-36-30(29(34-35-36)23-15-17-31-18-16-23)26-12-6-10-22-9-4-5-11-25(22)26/h1-19H,20H2,(H,32,33,37). The van der Waals surface area contributed by atoms with Crippen LogP contribution in [0, 0.1) is 0 Å². The minimum absolute atomic E-state index is 0.0151. The summed E-state index contributed by atoms with van der Waals surface area (Å²) >= 11 is 0. The number of rotatable bonds is 6. The second-order valence-electron chi connectivity index (χ2n) is 8.55. The molecular weight excluding hydrogens is 460 g/mol. The van der Waals surface area contributed by atoms with Crippen LogP contribution in [-0.2, 0) is 11.3 Å². The molecule has 0 saturated carbocycles. The predicted octanol–water partition coefficient (Wildman–Crippen LogP) is 5.86. The van der Waals surface area contributed by atoms with E-state index in [0.29, 0.717) is 11.5 Å².